The number of carbonyl (C=O) groups excluding carboxylic acids is 2. The summed E-state index contributed by atoms with van der Waals surface area (Å²) in [5.74, 6) is -0.302. The summed E-state index contributed by atoms with van der Waals surface area (Å²) in [5.41, 5.74) is 4.52. The van der Waals surface area contributed by atoms with Crippen LogP contribution in [0, 0.1) is 11.7 Å². The molecule has 3 rings (SSSR count). The number of alkyl halides is 3. The number of hydrogen-bond donors (Lipinski definition) is 2. The zero-order valence-electron chi connectivity index (χ0n) is 18.6. The van der Waals surface area contributed by atoms with Gasteiger partial charge in [-0.1, -0.05) is 31.2 Å². The van der Waals surface area contributed by atoms with Crippen LogP contribution in [-0.2, 0) is 11.0 Å². The SMILES string of the molecule is CC1CCN(C(=O)c2ccccc2C(F)(F)F)CC1.NC(/C=C\Nc1ccccc1F)=NC=O. The Hall–Kier alpha value is -3.69. The minimum absolute atomic E-state index is 0.0499. The second kappa shape index (κ2) is 12.5. The molecule has 34 heavy (non-hydrogen) atoms. The van der Waals surface area contributed by atoms with Crippen molar-refractivity contribution < 1.29 is 27.2 Å². The predicted octanol–water partition coefficient (Wildman–Crippen LogP) is 4.84. The number of likely N-dealkylation sites (tertiary alicyclic amines) is 1. The maximum atomic E-state index is 13.0. The summed E-state index contributed by atoms with van der Waals surface area (Å²) in [7, 11) is 0. The van der Waals surface area contributed by atoms with Crippen molar-refractivity contribution in [2.75, 3.05) is 18.4 Å². The molecule has 0 radical (unpaired) electrons. The minimum atomic E-state index is -4.49. The van der Waals surface area contributed by atoms with E-state index in [4.69, 9.17) is 5.73 Å². The lowest BCUT2D eigenvalue weighted by Crippen LogP contribution is -2.38. The van der Waals surface area contributed by atoms with Gasteiger partial charge in [0.15, 0.2) is 0 Å². The van der Waals surface area contributed by atoms with Crippen molar-refractivity contribution in [2.24, 2.45) is 16.6 Å². The molecule has 2 aromatic rings. The zero-order valence-corrected chi connectivity index (χ0v) is 18.6. The summed E-state index contributed by atoms with van der Waals surface area (Å²) in [4.78, 5) is 26.9. The number of piperidine rings is 1. The van der Waals surface area contributed by atoms with Crippen molar-refractivity contribution in [3.8, 4) is 0 Å². The van der Waals surface area contributed by atoms with Crippen LogP contribution < -0.4 is 11.1 Å². The number of halogens is 4. The van der Waals surface area contributed by atoms with Gasteiger partial charge in [-0.05, 0) is 49.1 Å². The predicted molar refractivity (Wildman–Crippen MR) is 123 cm³/mol. The molecule has 2 amide bonds. The molecule has 3 N–H and O–H groups in total. The number of nitrogens with zero attached hydrogens (tertiary/aromatic N) is 2. The van der Waals surface area contributed by atoms with Crippen LogP contribution in [0.1, 0.15) is 35.7 Å². The molecule has 1 aliphatic rings. The van der Waals surface area contributed by atoms with E-state index in [0.717, 1.165) is 18.9 Å². The fraction of sp³-hybridized carbons (Fsp3) is 0.292. The molecule has 1 heterocycles. The molecular weight excluding hydrogens is 452 g/mol. The summed E-state index contributed by atoms with van der Waals surface area (Å²) >= 11 is 0. The smallest absolute Gasteiger partial charge is 0.384 e. The molecule has 6 nitrogen and oxygen atoms in total. The van der Waals surface area contributed by atoms with Crippen LogP contribution in [0.5, 0.6) is 0 Å². The monoisotopic (exact) mass is 478 g/mol. The van der Waals surface area contributed by atoms with E-state index < -0.39 is 17.6 Å². The summed E-state index contributed by atoms with van der Waals surface area (Å²) < 4.78 is 51.6. The third kappa shape index (κ3) is 8.02. The quantitative estimate of drug-likeness (QED) is 0.279. The highest BCUT2D eigenvalue weighted by atomic mass is 19.4. The van der Waals surface area contributed by atoms with Crippen LogP contribution in [0.4, 0.5) is 23.2 Å². The Morgan fingerprint density at radius 3 is 2.35 bits per heavy atom. The molecule has 0 bridgehead atoms. The van der Waals surface area contributed by atoms with Gasteiger partial charge in [0.2, 0.25) is 6.41 Å². The maximum absolute atomic E-state index is 13.0. The fourth-order valence-corrected chi connectivity index (χ4v) is 3.20. The topological polar surface area (TPSA) is 87.8 Å². The Morgan fingerprint density at radius 1 is 1.12 bits per heavy atom. The van der Waals surface area contributed by atoms with Gasteiger partial charge in [0.05, 0.1) is 16.8 Å². The van der Waals surface area contributed by atoms with E-state index in [1.807, 2.05) is 0 Å². The van der Waals surface area contributed by atoms with Gasteiger partial charge in [-0.25, -0.2) is 4.39 Å². The van der Waals surface area contributed by atoms with Crippen LogP contribution in [0.2, 0.25) is 0 Å². The van der Waals surface area contributed by atoms with E-state index in [9.17, 15) is 27.2 Å². The number of nitrogens with two attached hydrogens (primary N) is 1. The number of rotatable bonds is 5. The third-order valence-corrected chi connectivity index (χ3v) is 5.10. The van der Waals surface area contributed by atoms with E-state index in [1.165, 1.54) is 41.4 Å². The van der Waals surface area contributed by atoms with Gasteiger partial charge in [-0.2, -0.15) is 18.2 Å². The van der Waals surface area contributed by atoms with Gasteiger partial charge in [-0.15, -0.1) is 0 Å². The fourth-order valence-electron chi connectivity index (χ4n) is 3.20. The number of aliphatic imine (C=N–C) groups is 1. The first kappa shape index (κ1) is 26.6. The van der Waals surface area contributed by atoms with Crippen molar-refractivity contribution in [1.82, 2.24) is 4.90 Å². The maximum Gasteiger partial charge on any atom is 0.417 e. The highest BCUT2D eigenvalue weighted by Gasteiger charge is 2.36. The molecule has 0 saturated carbocycles. The van der Waals surface area contributed by atoms with Crippen molar-refractivity contribution >= 4 is 23.8 Å². The average Bonchev–Trinajstić information content (AvgIpc) is 2.80. The Labute approximate surface area is 195 Å². The van der Waals surface area contributed by atoms with E-state index in [-0.39, 0.29) is 17.2 Å². The molecule has 0 unspecified atom stereocenters. The molecule has 0 atom stereocenters. The Balaban J connectivity index is 0.000000248. The highest BCUT2D eigenvalue weighted by molar-refractivity contribution is 5.96. The van der Waals surface area contributed by atoms with Gasteiger partial charge in [0.1, 0.15) is 11.7 Å². The molecule has 1 fully saturated rings. The Kier molecular flexibility index (Phi) is 9.78. The van der Waals surface area contributed by atoms with Crippen molar-refractivity contribution in [3.05, 3.63) is 77.8 Å². The Morgan fingerprint density at radius 2 is 1.74 bits per heavy atom. The van der Waals surface area contributed by atoms with Crippen molar-refractivity contribution in [3.63, 3.8) is 0 Å². The van der Waals surface area contributed by atoms with Crippen LogP contribution in [0.3, 0.4) is 0 Å². The van der Waals surface area contributed by atoms with Crippen molar-refractivity contribution in [2.45, 2.75) is 25.9 Å². The van der Waals surface area contributed by atoms with Crippen molar-refractivity contribution in [1.29, 1.82) is 0 Å². The van der Waals surface area contributed by atoms with Gasteiger partial charge in [0, 0.05) is 19.3 Å². The molecule has 0 aromatic heterocycles. The van der Waals surface area contributed by atoms with E-state index >= 15 is 0 Å². The molecule has 1 aliphatic heterocycles. The summed E-state index contributed by atoms with van der Waals surface area (Å²) in [6.07, 6.45) is 0.305. The van der Waals surface area contributed by atoms with Gasteiger partial charge >= 0.3 is 6.18 Å². The zero-order chi connectivity index (χ0) is 25.1. The van der Waals surface area contributed by atoms with Crippen LogP contribution >= 0.6 is 0 Å². The molecule has 10 heteroatoms. The number of amidine groups is 1. The van der Waals surface area contributed by atoms with Gasteiger partial charge in [0.25, 0.3) is 5.91 Å². The molecular formula is C24H26F4N4O2. The number of para-hydroxylation sites is 1. The Bertz CT molecular complexity index is 1030. The first-order valence-electron chi connectivity index (χ1n) is 10.5. The first-order valence-corrected chi connectivity index (χ1v) is 10.5. The normalized spacial score (nSPS) is 15.0. The summed E-state index contributed by atoms with van der Waals surface area (Å²) in [6, 6.07) is 11.2. The molecule has 2 aromatic carbocycles. The van der Waals surface area contributed by atoms with Crippen LogP contribution in [0.15, 0.2) is 65.8 Å². The van der Waals surface area contributed by atoms with Gasteiger partial charge in [-0.3, -0.25) is 9.59 Å². The standard InChI is InChI=1S/C14H16F3NO.C10H10FN3O/c1-10-6-8-18(9-7-10)13(19)11-4-2-3-5-12(11)14(15,16)17;11-8-3-1-2-4-9(8)13-6-5-10(12)14-7-15/h2-5,10H,6-9H2,1H3;1-7,13H,(H2,12,14,15)/b;6-5-. The lowest BCUT2D eigenvalue weighted by Gasteiger charge is -2.31. The highest BCUT2D eigenvalue weighted by Crippen LogP contribution is 2.32. The number of anilines is 1. The summed E-state index contributed by atoms with van der Waals surface area (Å²) in [6.45, 7) is 3.16. The molecule has 0 spiro atoms. The van der Waals surface area contributed by atoms with Crippen LogP contribution in [-0.4, -0.2) is 36.1 Å². The largest absolute Gasteiger partial charge is 0.417 e. The number of hydrogen-bond acceptors (Lipinski definition) is 3. The first-order chi connectivity index (χ1) is 16.1. The lowest BCUT2D eigenvalue weighted by atomic mass is 9.98. The lowest BCUT2D eigenvalue weighted by molar-refractivity contribution is -0.138. The average molecular weight is 478 g/mol. The van der Waals surface area contributed by atoms with E-state index in [0.29, 0.717) is 31.1 Å². The summed E-state index contributed by atoms with van der Waals surface area (Å²) in [5, 5.41) is 2.67. The number of benzene rings is 2. The van der Waals surface area contributed by atoms with E-state index in [2.05, 4.69) is 17.2 Å². The molecule has 182 valence electrons. The number of amides is 2. The number of nitrogens with one attached hydrogen (secondary N) is 1. The second-order valence-corrected chi connectivity index (χ2v) is 7.63. The van der Waals surface area contributed by atoms with Crippen LogP contribution in [0.25, 0.3) is 0 Å². The minimum Gasteiger partial charge on any atom is -0.384 e. The molecule has 0 aliphatic carbocycles. The second-order valence-electron chi connectivity index (χ2n) is 7.63. The third-order valence-electron chi connectivity index (χ3n) is 5.10. The van der Waals surface area contributed by atoms with Gasteiger partial charge < -0.3 is 16.0 Å². The number of carbonyl (C=O) groups is 2. The van der Waals surface area contributed by atoms with E-state index in [1.54, 1.807) is 18.2 Å². The molecule has 1 saturated heterocycles.